The van der Waals surface area contributed by atoms with Gasteiger partial charge in [-0.2, -0.15) is 5.10 Å². The molecule has 3 heteroatoms. The van der Waals surface area contributed by atoms with Crippen LogP contribution in [-0.2, 0) is 7.05 Å². The molecule has 3 nitrogen and oxygen atoms in total. The van der Waals surface area contributed by atoms with Gasteiger partial charge in [0.2, 0.25) is 0 Å². The SMILES string of the molecule is COc1cc2c(C)nn(C)c2c2ccccc12. The van der Waals surface area contributed by atoms with Crippen LogP contribution in [0.2, 0.25) is 0 Å². The maximum absolute atomic E-state index is 5.46. The molecule has 0 bridgehead atoms. The van der Waals surface area contributed by atoms with Gasteiger partial charge in [0.05, 0.1) is 18.3 Å². The molecule has 0 saturated carbocycles. The van der Waals surface area contributed by atoms with E-state index < -0.39 is 0 Å². The Bertz CT molecular complexity index is 713. The zero-order valence-corrected chi connectivity index (χ0v) is 10.2. The summed E-state index contributed by atoms with van der Waals surface area (Å²) in [5.41, 5.74) is 2.20. The van der Waals surface area contributed by atoms with Gasteiger partial charge in [-0.25, -0.2) is 0 Å². The fourth-order valence-electron chi connectivity index (χ4n) is 2.45. The fourth-order valence-corrected chi connectivity index (χ4v) is 2.45. The monoisotopic (exact) mass is 226 g/mol. The molecule has 0 aliphatic rings. The minimum absolute atomic E-state index is 0.907. The van der Waals surface area contributed by atoms with Crippen molar-refractivity contribution in [3.8, 4) is 5.75 Å². The second-order valence-corrected chi connectivity index (χ2v) is 4.23. The van der Waals surface area contributed by atoms with Crippen molar-refractivity contribution in [1.29, 1.82) is 0 Å². The summed E-state index contributed by atoms with van der Waals surface area (Å²) in [6, 6.07) is 10.3. The molecule has 0 atom stereocenters. The third kappa shape index (κ3) is 1.32. The third-order valence-electron chi connectivity index (χ3n) is 3.21. The number of rotatable bonds is 1. The van der Waals surface area contributed by atoms with Gasteiger partial charge in [0.25, 0.3) is 0 Å². The van der Waals surface area contributed by atoms with Crippen LogP contribution in [0.15, 0.2) is 30.3 Å². The number of hydrogen-bond acceptors (Lipinski definition) is 2. The van der Waals surface area contributed by atoms with Gasteiger partial charge in [-0.15, -0.1) is 0 Å². The van der Waals surface area contributed by atoms with Gasteiger partial charge in [-0.05, 0) is 13.0 Å². The van der Waals surface area contributed by atoms with Crippen LogP contribution in [-0.4, -0.2) is 16.9 Å². The molecule has 2 aromatic carbocycles. The van der Waals surface area contributed by atoms with Gasteiger partial charge in [-0.3, -0.25) is 4.68 Å². The number of methoxy groups -OCH3 is 1. The van der Waals surface area contributed by atoms with Gasteiger partial charge in [0, 0.05) is 23.2 Å². The number of aryl methyl sites for hydroxylation is 2. The first-order valence-electron chi connectivity index (χ1n) is 5.61. The van der Waals surface area contributed by atoms with Crippen molar-refractivity contribution in [3.05, 3.63) is 36.0 Å². The maximum Gasteiger partial charge on any atom is 0.127 e. The van der Waals surface area contributed by atoms with Gasteiger partial charge >= 0.3 is 0 Å². The molecule has 1 aromatic heterocycles. The zero-order chi connectivity index (χ0) is 12.0. The average Bonchev–Trinajstić information content (AvgIpc) is 2.64. The van der Waals surface area contributed by atoms with Crippen LogP contribution < -0.4 is 4.74 Å². The van der Waals surface area contributed by atoms with E-state index in [1.165, 1.54) is 10.9 Å². The topological polar surface area (TPSA) is 27.1 Å². The number of benzene rings is 2. The lowest BCUT2D eigenvalue weighted by Crippen LogP contribution is -1.91. The molecule has 1 heterocycles. The molecular formula is C14H14N2O. The van der Waals surface area contributed by atoms with Crippen molar-refractivity contribution in [3.63, 3.8) is 0 Å². The van der Waals surface area contributed by atoms with Crippen LogP contribution in [0, 0.1) is 6.92 Å². The molecule has 86 valence electrons. The Hall–Kier alpha value is -2.03. The lowest BCUT2D eigenvalue weighted by Gasteiger charge is -2.07. The largest absolute Gasteiger partial charge is 0.496 e. The van der Waals surface area contributed by atoms with E-state index >= 15 is 0 Å². The quantitative estimate of drug-likeness (QED) is 0.637. The van der Waals surface area contributed by atoms with E-state index in [1.54, 1.807) is 7.11 Å². The summed E-state index contributed by atoms with van der Waals surface area (Å²) in [5.74, 6) is 0.907. The minimum atomic E-state index is 0.907. The van der Waals surface area contributed by atoms with Crippen molar-refractivity contribution in [2.24, 2.45) is 7.05 Å². The Morgan fingerprint density at radius 1 is 1.12 bits per heavy atom. The molecule has 0 aliphatic heterocycles. The molecular weight excluding hydrogens is 212 g/mol. The first-order chi connectivity index (χ1) is 8.22. The van der Waals surface area contributed by atoms with Gasteiger partial charge < -0.3 is 4.74 Å². The summed E-state index contributed by atoms with van der Waals surface area (Å²) < 4.78 is 7.40. The summed E-state index contributed by atoms with van der Waals surface area (Å²) in [6.45, 7) is 2.02. The summed E-state index contributed by atoms with van der Waals surface area (Å²) in [4.78, 5) is 0. The molecule has 3 rings (SSSR count). The molecule has 0 aliphatic carbocycles. The van der Waals surface area contributed by atoms with E-state index in [1.807, 2.05) is 30.8 Å². The highest BCUT2D eigenvalue weighted by Crippen LogP contribution is 2.34. The van der Waals surface area contributed by atoms with Gasteiger partial charge in [0.15, 0.2) is 0 Å². The van der Waals surface area contributed by atoms with E-state index in [-0.39, 0.29) is 0 Å². The number of fused-ring (bicyclic) bond motifs is 3. The van der Waals surface area contributed by atoms with Crippen molar-refractivity contribution in [1.82, 2.24) is 9.78 Å². The number of aromatic nitrogens is 2. The maximum atomic E-state index is 5.46. The van der Waals surface area contributed by atoms with Crippen molar-refractivity contribution >= 4 is 21.7 Å². The highest BCUT2D eigenvalue weighted by atomic mass is 16.5. The first-order valence-corrected chi connectivity index (χ1v) is 5.61. The van der Waals surface area contributed by atoms with Crippen LogP contribution in [0.1, 0.15) is 5.69 Å². The molecule has 3 aromatic rings. The Kier molecular flexibility index (Phi) is 2.08. The summed E-state index contributed by atoms with van der Waals surface area (Å²) >= 11 is 0. The molecule has 0 amide bonds. The van der Waals surface area contributed by atoms with Crippen LogP contribution in [0.3, 0.4) is 0 Å². The highest BCUT2D eigenvalue weighted by molar-refractivity contribution is 6.09. The lowest BCUT2D eigenvalue weighted by molar-refractivity contribution is 0.420. The number of ether oxygens (including phenoxy) is 1. The molecule has 0 saturated heterocycles. The summed E-state index contributed by atoms with van der Waals surface area (Å²) in [5, 5.41) is 7.95. The predicted molar refractivity (Wildman–Crippen MR) is 69.5 cm³/mol. The standard InChI is InChI=1S/C14H14N2O/c1-9-12-8-13(17-3)10-6-4-5-7-11(10)14(12)16(2)15-9/h4-8H,1-3H3. The van der Waals surface area contributed by atoms with Gasteiger partial charge in [0.1, 0.15) is 5.75 Å². The van der Waals surface area contributed by atoms with Crippen LogP contribution in [0.25, 0.3) is 21.7 Å². The smallest absolute Gasteiger partial charge is 0.127 e. The number of hydrogen-bond donors (Lipinski definition) is 0. The summed E-state index contributed by atoms with van der Waals surface area (Å²) in [6.07, 6.45) is 0. The fraction of sp³-hybridized carbons (Fsp3) is 0.214. The second kappa shape index (κ2) is 3.48. The molecule has 0 radical (unpaired) electrons. The van der Waals surface area contributed by atoms with Gasteiger partial charge in [-0.1, -0.05) is 24.3 Å². The lowest BCUT2D eigenvalue weighted by atomic mass is 10.1. The Balaban J connectivity index is 2.62. The van der Waals surface area contributed by atoms with E-state index in [9.17, 15) is 0 Å². The second-order valence-electron chi connectivity index (χ2n) is 4.23. The molecule has 0 spiro atoms. The highest BCUT2D eigenvalue weighted by Gasteiger charge is 2.12. The Morgan fingerprint density at radius 2 is 1.82 bits per heavy atom. The first kappa shape index (κ1) is 10.1. The minimum Gasteiger partial charge on any atom is -0.496 e. The molecule has 0 unspecified atom stereocenters. The van der Waals surface area contributed by atoms with Crippen molar-refractivity contribution < 1.29 is 4.74 Å². The van der Waals surface area contributed by atoms with E-state index in [0.29, 0.717) is 0 Å². The van der Waals surface area contributed by atoms with Crippen LogP contribution in [0.5, 0.6) is 5.75 Å². The third-order valence-corrected chi connectivity index (χ3v) is 3.21. The van der Waals surface area contributed by atoms with E-state index in [0.717, 1.165) is 22.2 Å². The normalized spacial score (nSPS) is 11.2. The Morgan fingerprint density at radius 3 is 2.53 bits per heavy atom. The van der Waals surface area contributed by atoms with Crippen molar-refractivity contribution in [2.45, 2.75) is 6.92 Å². The summed E-state index contributed by atoms with van der Waals surface area (Å²) in [7, 11) is 3.69. The van der Waals surface area contributed by atoms with Crippen LogP contribution >= 0.6 is 0 Å². The van der Waals surface area contributed by atoms with E-state index in [2.05, 4.69) is 23.3 Å². The molecule has 17 heavy (non-hydrogen) atoms. The van der Waals surface area contributed by atoms with Crippen LogP contribution in [0.4, 0.5) is 0 Å². The zero-order valence-electron chi connectivity index (χ0n) is 10.2. The van der Waals surface area contributed by atoms with Crippen molar-refractivity contribution in [2.75, 3.05) is 7.11 Å². The molecule has 0 fully saturated rings. The number of nitrogens with zero attached hydrogens (tertiary/aromatic N) is 2. The Labute approximate surface area is 99.6 Å². The van der Waals surface area contributed by atoms with E-state index in [4.69, 9.17) is 4.74 Å². The average molecular weight is 226 g/mol. The predicted octanol–water partition coefficient (Wildman–Crippen LogP) is 3.04. The molecule has 0 N–H and O–H groups in total.